The summed E-state index contributed by atoms with van der Waals surface area (Å²) < 4.78 is 27.5. The van der Waals surface area contributed by atoms with Crippen LogP contribution in [0.5, 0.6) is 0 Å². The summed E-state index contributed by atoms with van der Waals surface area (Å²) in [4.78, 5) is 0.0988. The molecule has 0 saturated carbocycles. The van der Waals surface area contributed by atoms with Crippen LogP contribution in [0.15, 0.2) is 59.5 Å². The molecule has 128 valence electrons. The summed E-state index contributed by atoms with van der Waals surface area (Å²) in [7, 11) is -3.77. The van der Waals surface area contributed by atoms with Crippen molar-refractivity contribution in [1.82, 2.24) is 4.31 Å². The van der Waals surface area contributed by atoms with Crippen LogP contribution in [-0.2, 0) is 10.0 Å². The summed E-state index contributed by atoms with van der Waals surface area (Å²) in [6, 6.07) is 15.1. The van der Waals surface area contributed by atoms with Crippen molar-refractivity contribution in [2.45, 2.75) is 29.9 Å². The van der Waals surface area contributed by atoms with E-state index in [4.69, 9.17) is 0 Å². The van der Waals surface area contributed by atoms with Crippen LogP contribution in [0.25, 0.3) is 0 Å². The second-order valence-electron chi connectivity index (χ2n) is 5.95. The number of sulfonamides is 1. The lowest BCUT2D eigenvalue weighted by atomic mass is 10.0. The topological polar surface area (TPSA) is 77.8 Å². The van der Waals surface area contributed by atoms with Gasteiger partial charge >= 0.3 is 0 Å². The van der Waals surface area contributed by atoms with E-state index in [1.54, 1.807) is 42.5 Å². The molecular formula is C18H21NO4S. The highest BCUT2D eigenvalue weighted by molar-refractivity contribution is 7.89. The number of nitrogens with zero attached hydrogens (tertiary/aromatic N) is 1. The SMILES string of the molecule is O=S(=O)(c1ccccc1[C@H](O)c1ccccc1)N1CCC[C@H]1CO. The van der Waals surface area contributed by atoms with Crippen molar-refractivity contribution in [3.05, 3.63) is 65.7 Å². The molecule has 2 atom stereocenters. The lowest BCUT2D eigenvalue weighted by molar-refractivity contribution is 0.210. The van der Waals surface area contributed by atoms with E-state index in [0.717, 1.165) is 6.42 Å². The molecule has 0 aliphatic carbocycles. The quantitative estimate of drug-likeness (QED) is 0.866. The Kier molecular flexibility index (Phi) is 5.01. The molecule has 0 spiro atoms. The van der Waals surface area contributed by atoms with Gasteiger partial charge in [-0.1, -0.05) is 48.5 Å². The number of benzene rings is 2. The van der Waals surface area contributed by atoms with E-state index in [0.29, 0.717) is 24.1 Å². The van der Waals surface area contributed by atoms with E-state index in [1.165, 1.54) is 10.4 Å². The van der Waals surface area contributed by atoms with Crippen molar-refractivity contribution in [3.8, 4) is 0 Å². The first-order valence-electron chi connectivity index (χ1n) is 8.00. The summed E-state index contributed by atoms with van der Waals surface area (Å²) in [6.45, 7) is 0.200. The highest BCUT2D eigenvalue weighted by Gasteiger charge is 2.36. The van der Waals surface area contributed by atoms with Crippen molar-refractivity contribution in [2.75, 3.05) is 13.2 Å². The Morgan fingerprint density at radius 3 is 2.46 bits per heavy atom. The molecule has 1 aliphatic heterocycles. The van der Waals surface area contributed by atoms with Crippen LogP contribution in [0.2, 0.25) is 0 Å². The van der Waals surface area contributed by atoms with Crippen molar-refractivity contribution < 1.29 is 18.6 Å². The summed E-state index contributed by atoms with van der Waals surface area (Å²) in [5, 5.41) is 20.1. The summed E-state index contributed by atoms with van der Waals surface area (Å²) >= 11 is 0. The van der Waals surface area contributed by atoms with Crippen molar-refractivity contribution in [1.29, 1.82) is 0 Å². The van der Waals surface area contributed by atoms with Gasteiger partial charge in [-0.05, 0) is 24.5 Å². The fraction of sp³-hybridized carbons (Fsp3) is 0.333. The Morgan fingerprint density at radius 1 is 1.08 bits per heavy atom. The summed E-state index contributed by atoms with van der Waals surface area (Å²) in [6.07, 6.45) is 0.361. The van der Waals surface area contributed by atoms with Gasteiger partial charge in [0.05, 0.1) is 11.5 Å². The average Bonchev–Trinajstić information content (AvgIpc) is 3.11. The Bertz CT molecular complexity index is 792. The second-order valence-corrected chi connectivity index (χ2v) is 7.80. The molecule has 0 aromatic heterocycles. The zero-order valence-electron chi connectivity index (χ0n) is 13.2. The molecule has 1 aliphatic rings. The van der Waals surface area contributed by atoms with Gasteiger partial charge in [-0.2, -0.15) is 4.31 Å². The predicted octanol–water partition coefficient (Wildman–Crippen LogP) is 1.91. The van der Waals surface area contributed by atoms with Crippen LogP contribution < -0.4 is 0 Å². The van der Waals surface area contributed by atoms with Crippen molar-refractivity contribution >= 4 is 10.0 Å². The lowest BCUT2D eigenvalue weighted by Gasteiger charge is -2.25. The van der Waals surface area contributed by atoms with Crippen molar-refractivity contribution in [2.24, 2.45) is 0 Å². The van der Waals surface area contributed by atoms with Gasteiger partial charge in [-0.25, -0.2) is 8.42 Å². The standard InChI is InChI=1S/C18H21NO4S/c20-13-15-9-6-12-19(15)24(22,23)17-11-5-4-10-16(17)18(21)14-7-2-1-3-8-14/h1-5,7-8,10-11,15,18,20-21H,6,9,12-13H2/t15-,18+/m0/s1. The molecule has 1 heterocycles. The molecule has 0 amide bonds. The Morgan fingerprint density at radius 2 is 1.75 bits per heavy atom. The van der Waals surface area contributed by atoms with Crippen LogP contribution in [0.1, 0.15) is 30.1 Å². The molecule has 24 heavy (non-hydrogen) atoms. The Balaban J connectivity index is 2.03. The number of aliphatic hydroxyl groups is 2. The van der Waals surface area contributed by atoms with Gasteiger partial charge in [0, 0.05) is 18.2 Å². The molecule has 6 heteroatoms. The van der Waals surface area contributed by atoms with Gasteiger partial charge < -0.3 is 10.2 Å². The second kappa shape index (κ2) is 7.03. The average molecular weight is 347 g/mol. The largest absolute Gasteiger partial charge is 0.395 e. The van der Waals surface area contributed by atoms with E-state index in [-0.39, 0.29) is 11.5 Å². The van der Waals surface area contributed by atoms with Crippen molar-refractivity contribution in [3.63, 3.8) is 0 Å². The zero-order valence-corrected chi connectivity index (χ0v) is 14.1. The van der Waals surface area contributed by atoms with E-state index in [9.17, 15) is 18.6 Å². The molecular weight excluding hydrogens is 326 g/mol. The molecule has 0 radical (unpaired) electrons. The molecule has 1 fully saturated rings. The Hall–Kier alpha value is -1.73. The minimum absolute atomic E-state index is 0.0988. The smallest absolute Gasteiger partial charge is 0.243 e. The van der Waals surface area contributed by atoms with Gasteiger partial charge in [-0.3, -0.25) is 0 Å². The fourth-order valence-corrected chi connectivity index (χ4v) is 5.11. The lowest BCUT2D eigenvalue weighted by Crippen LogP contribution is -2.38. The molecule has 0 unspecified atom stereocenters. The molecule has 0 bridgehead atoms. The third-order valence-electron chi connectivity index (χ3n) is 4.45. The number of hydrogen-bond donors (Lipinski definition) is 2. The molecule has 2 aromatic carbocycles. The summed E-state index contributed by atoms with van der Waals surface area (Å²) in [5.41, 5.74) is 0.993. The van der Waals surface area contributed by atoms with Gasteiger partial charge in [0.15, 0.2) is 0 Å². The first-order chi connectivity index (χ1) is 11.6. The maximum Gasteiger partial charge on any atom is 0.243 e. The zero-order chi connectivity index (χ0) is 17.2. The van der Waals surface area contributed by atoms with Gasteiger partial charge in [0.25, 0.3) is 0 Å². The molecule has 3 rings (SSSR count). The van der Waals surface area contributed by atoms with Gasteiger partial charge in [0.1, 0.15) is 6.10 Å². The molecule has 5 nitrogen and oxygen atoms in total. The molecule has 2 aromatic rings. The summed E-state index contributed by atoms with van der Waals surface area (Å²) in [5.74, 6) is 0. The van der Waals surface area contributed by atoms with E-state index in [1.807, 2.05) is 6.07 Å². The normalized spacial score (nSPS) is 20.2. The minimum atomic E-state index is -3.77. The van der Waals surface area contributed by atoms with Gasteiger partial charge in [-0.15, -0.1) is 0 Å². The number of aliphatic hydroxyl groups excluding tert-OH is 2. The van der Waals surface area contributed by atoms with Gasteiger partial charge in [0.2, 0.25) is 10.0 Å². The van der Waals surface area contributed by atoms with Crippen LogP contribution in [0.4, 0.5) is 0 Å². The number of rotatable bonds is 5. The van der Waals surface area contributed by atoms with E-state index < -0.39 is 22.2 Å². The van der Waals surface area contributed by atoms with Crippen LogP contribution in [-0.4, -0.2) is 42.1 Å². The highest BCUT2D eigenvalue weighted by atomic mass is 32.2. The third-order valence-corrected chi connectivity index (χ3v) is 6.48. The minimum Gasteiger partial charge on any atom is -0.395 e. The maximum atomic E-state index is 13.1. The van der Waals surface area contributed by atoms with Crippen LogP contribution >= 0.6 is 0 Å². The van der Waals surface area contributed by atoms with Crippen LogP contribution in [0, 0.1) is 0 Å². The van der Waals surface area contributed by atoms with E-state index >= 15 is 0 Å². The first-order valence-corrected chi connectivity index (χ1v) is 9.44. The molecule has 1 saturated heterocycles. The van der Waals surface area contributed by atoms with E-state index in [2.05, 4.69) is 0 Å². The molecule has 2 N–H and O–H groups in total. The maximum absolute atomic E-state index is 13.1. The third kappa shape index (κ3) is 3.10. The first kappa shape index (κ1) is 17.1. The highest BCUT2D eigenvalue weighted by Crippen LogP contribution is 2.32. The monoisotopic (exact) mass is 347 g/mol. The fourth-order valence-electron chi connectivity index (χ4n) is 3.19. The number of hydrogen-bond acceptors (Lipinski definition) is 4. The Labute approximate surface area is 142 Å². The predicted molar refractivity (Wildman–Crippen MR) is 90.9 cm³/mol. The van der Waals surface area contributed by atoms with Crippen LogP contribution in [0.3, 0.4) is 0 Å².